The molecule has 0 aliphatic carbocycles. The number of methoxy groups -OCH3 is 1. The van der Waals surface area contributed by atoms with Gasteiger partial charge in [0.05, 0.1) is 25.9 Å². The van der Waals surface area contributed by atoms with Crippen LogP contribution in [0, 0.1) is 17.0 Å². The maximum atomic E-state index is 10.3. The highest BCUT2D eigenvalue weighted by atomic mass is 16.6. The van der Waals surface area contributed by atoms with Gasteiger partial charge in [0, 0.05) is 12.1 Å². The molecule has 0 saturated carbocycles. The number of nitro benzene ring substituents is 1. The fourth-order valence-electron chi connectivity index (χ4n) is 0.826. The first-order valence-corrected chi connectivity index (χ1v) is 3.93. The van der Waals surface area contributed by atoms with Crippen molar-refractivity contribution >= 4 is 11.4 Å². The van der Waals surface area contributed by atoms with Crippen LogP contribution in [0.15, 0.2) is 18.2 Å². The zero-order valence-electron chi connectivity index (χ0n) is 8.19. The normalized spacial score (nSPS) is 8.43. The van der Waals surface area contributed by atoms with Crippen molar-refractivity contribution in [3.05, 3.63) is 35.2 Å². The van der Waals surface area contributed by atoms with E-state index in [1.807, 2.05) is 0 Å². The zero-order chi connectivity index (χ0) is 11.1. The Morgan fingerprint density at radius 3 is 2.43 bits per heavy atom. The fraction of sp³-hybridized carbons (Fsp3) is 0.222. The third-order valence-electron chi connectivity index (χ3n) is 1.43. The molecule has 1 aromatic carbocycles. The van der Waals surface area contributed by atoms with Crippen molar-refractivity contribution < 1.29 is 9.66 Å². The molecule has 0 aliphatic heterocycles. The molecule has 0 unspecified atom stereocenters. The van der Waals surface area contributed by atoms with Crippen LogP contribution >= 0.6 is 0 Å². The van der Waals surface area contributed by atoms with Crippen LogP contribution in [-0.4, -0.2) is 12.0 Å². The third-order valence-corrected chi connectivity index (χ3v) is 1.43. The topological polar surface area (TPSA) is 78.4 Å². The standard InChI is InChI=1S/C7H8N2O3.C2H5/c1-12-5-2-3-7(9(10)11)6(8)4-5;1-2/h2-4H,8H2,1H3;1H2,2H3/q;+1. The second-order valence-corrected chi connectivity index (χ2v) is 2.18. The molecule has 0 bridgehead atoms. The average molecular weight is 197 g/mol. The zero-order valence-corrected chi connectivity index (χ0v) is 8.19. The average Bonchev–Trinajstić information content (AvgIpc) is 2.20. The van der Waals surface area contributed by atoms with Crippen molar-refractivity contribution in [3.63, 3.8) is 0 Å². The van der Waals surface area contributed by atoms with Crippen molar-refractivity contribution in [2.45, 2.75) is 6.92 Å². The highest BCUT2D eigenvalue weighted by Crippen LogP contribution is 2.25. The fourth-order valence-corrected chi connectivity index (χ4v) is 0.826. The number of nitro groups is 1. The van der Waals surface area contributed by atoms with E-state index in [1.54, 1.807) is 6.92 Å². The molecule has 5 nitrogen and oxygen atoms in total. The maximum Gasteiger partial charge on any atom is 0.292 e. The van der Waals surface area contributed by atoms with Gasteiger partial charge in [-0.1, -0.05) is 0 Å². The lowest BCUT2D eigenvalue weighted by molar-refractivity contribution is -0.383. The summed E-state index contributed by atoms with van der Waals surface area (Å²) in [4.78, 5) is 9.77. The molecule has 0 amide bonds. The van der Waals surface area contributed by atoms with E-state index in [1.165, 1.54) is 25.3 Å². The van der Waals surface area contributed by atoms with Gasteiger partial charge in [0.2, 0.25) is 0 Å². The highest BCUT2D eigenvalue weighted by Gasteiger charge is 2.10. The number of hydrogen-bond donors (Lipinski definition) is 1. The lowest BCUT2D eigenvalue weighted by Crippen LogP contribution is -1.95. The predicted molar refractivity (Wildman–Crippen MR) is 55.1 cm³/mol. The van der Waals surface area contributed by atoms with Gasteiger partial charge in [0.25, 0.3) is 5.69 Å². The number of anilines is 1. The van der Waals surface area contributed by atoms with E-state index >= 15 is 0 Å². The van der Waals surface area contributed by atoms with E-state index < -0.39 is 4.92 Å². The smallest absolute Gasteiger partial charge is 0.292 e. The van der Waals surface area contributed by atoms with Crippen LogP contribution in [0.2, 0.25) is 0 Å². The Balaban J connectivity index is 0.000000791. The number of benzene rings is 1. The van der Waals surface area contributed by atoms with Crippen molar-refractivity contribution in [1.29, 1.82) is 0 Å². The molecule has 0 radical (unpaired) electrons. The summed E-state index contributed by atoms with van der Waals surface area (Å²) in [6.07, 6.45) is 0. The van der Waals surface area contributed by atoms with E-state index in [9.17, 15) is 10.1 Å². The molecule has 0 fully saturated rings. The molecule has 5 heteroatoms. The number of nitrogens with two attached hydrogens (primary N) is 1. The van der Waals surface area contributed by atoms with Gasteiger partial charge in [-0.25, -0.2) is 0 Å². The second kappa shape index (κ2) is 5.69. The number of hydrogen-bond acceptors (Lipinski definition) is 4. The van der Waals surface area contributed by atoms with Gasteiger partial charge in [-0.05, 0) is 6.07 Å². The van der Waals surface area contributed by atoms with Crippen molar-refractivity contribution in [1.82, 2.24) is 0 Å². The number of nitrogens with zero attached hydrogens (tertiary/aromatic N) is 1. The maximum absolute atomic E-state index is 10.3. The van der Waals surface area contributed by atoms with Gasteiger partial charge in [-0.15, -0.1) is 0 Å². The molecule has 1 aromatic rings. The van der Waals surface area contributed by atoms with Gasteiger partial charge in [-0.3, -0.25) is 10.1 Å². The van der Waals surface area contributed by atoms with Crippen molar-refractivity contribution in [3.8, 4) is 5.75 Å². The van der Waals surface area contributed by atoms with Crippen LogP contribution in [0.4, 0.5) is 11.4 Å². The molecule has 1 rings (SSSR count). The Hall–Kier alpha value is -1.91. The molecular weight excluding hydrogens is 184 g/mol. The predicted octanol–water partition coefficient (Wildman–Crippen LogP) is 2.03. The van der Waals surface area contributed by atoms with E-state index in [-0.39, 0.29) is 11.4 Å². The molecule has 0 atom stereocenters. The summed E-state index contributed by atoms with van der Waals surface area (Å²) in [6.45, 7) is 5.00. The first kappa shape index (κ1) is 12.1. The van der Waals surface area contributed by atoms with Crippen LogP contribution in [0.3, 0.4) is 0 Å². The quantitative estimate of drug-likeness (QED) is 0.340. The molecule has 14 heavy (non-hydrogen) atoms. The molecule has 0 saturated heterocycles. The highest BCUT2D eigenvalue weighted by molar-refractivity contribution is 5.60. The molecule has 0 spiro atoms. The Morgan fingerprint density at radius 1 is 1.50 bits per heavy atom. The van der Waals surface area contributed by atoms with Crippen LogP contribution in [0.5, 0.6) is 5.75 Å². The first-order valence-electron chi connectivity index (χ1n) is 3.93. The molecule has 0 aliphatic rings. The second-order valence-electron chi connectivity index (χ2n) is 2.18. The number of rotatable bonds is 2. The van der Waals surface area contributed by atoms with E-state index in [0.717, 1.165) is 0 Å². The van der Waals surface area contributed by atoms with Crippen LogP contribution in [-0.2, 0) is 0 Å². The summed E-state index contributed by atoms with van der Waals surface area (Å²) in [5, 5.41) is 10.3. The van der Waals surface area contributed by atoms with Gasteiger partial charge >= 0.3 is 0 Å². The van der Waals surface area contributed by atoms with E-state index in [2.05, 4.69) is 6.92 Å². The first-order chi connectivity index (χ1) is 6.65. The Bertz CT molecular complexity index is 313. The largest absolute Gasteiger partial charge is 0.497 e. The van der Waals surface area contributed by atoms with E-state index in [0.29, 0.717) is 5.75 Å². The minimum absolute atomic E-state index is 0.101. The summed E-state index contributed by atoms with van der Waals surface area (Å²) in [6, 6.07) is 4.22. The van der Waals surface area contributed by atoms with Crippen molar-refractivity contribution in [2.24, 2.45) is 0 Å². The summed E-state index contributed by atoms with van der Waals surface area (Å²) >= 11 is 0. The Labute approximate surface area is 82.6 Å². The third kappa shape index (κ3) is 2.85. The van der Waals surface area contributed by atoms with Crippen LogP contribution in [0.25, 0.3) is 0 Å². The van der Waals surface area contributed by atoms with Crippen LogP contribution < -0.4 is 10.5 Å². The molecule has 0 heterocycles. The summed E-state index contributed by atoms with van der Waals surface area (Å²) in [5.41, 5.74) is 5.39. The number of ether oxygens (including phenoxy) is 1. The lowest BCUT2D eigenvalue weighted by Gasteiger charge is -2.00. The Kier molecular flexibility index (Phi) is 4.91. The minimum atomic E-state index is -0.533. The van der Waals surface area contributed by atoms with E-state index in [4.69, 9.17) is 10.5 Å². The number of nitrogen functional groups attached to an aromatic ring is 1. The van der Waals surface area contributed by atoms with Gasteiger partial charge in [-0.2, -0.15) is 0 Å². The SMILES string of the molecule is COc1ccc([N+](=O)[O-])c(N)c1.[CH2+]C. The lowest BCUT2D eigenvalue weighted by atomic mass is 10.2. The van der Waals surface area contributed by atoms with Crippen molar-refractivity contribution in [2.75, 3.05) is 12.8 Å². The molecule has 76 valence electrons. The Morgan fingerprint density at radius 2 is 2.07 bits per heavy atom. The van der Waals surface area contributed by atoms with Gasteiger partial charge in [0.15, 0.2) is 0 Å². The van der Waals surface area contributed by atoms with Crippen LogP contribution in [0.1, 0.15) is 6.92 Å². The molecular formula is C9H13N2O3+. The monoisotopic (exact) mass is 197 g/mol. The summed E-state index contributed by atoms with van der Waals surface area (Å²) in [7, 11) is 1.47. The minimum Gasteiger partial charge on any atom is -0.497 e. The molecule has 0 aromatic heterocycles. The van der Waals surface area contributed by atoms with Gasteiger partial charge < -0.3 is 10.5 Å². The molecule has 2 N–H and O–H groups in total. The summed E-state index contributed by atoms with van der Waals surface area (Å²) in [5.74, 6) is 0.512. The summed E-state index contributed by atoms with van der Waals surface area (Å²) < 4.78 is 4.83. The van der Waals surface area contributed by atoms with Gasteiger partial charge in [0.1, 0.15) is 11.4 Å².